The van der Waals surface area contributed by atoms with E-state index in [-0.39, 0.29) is 17.6 Å². The molecule has 1 N–H and O–H groups in total. The number of carbonyl (C=O) groups excluding carboxylic acids is 2. The van der Waals surface area contributed by atoms with Crippen molar-refractivity contribution >= 4 is 28.2 Å². The molecule has 1 aliphatic rings. The summed E-state index contributed by atoms with van der Waals surface area (Å²) in [4.78, 5) is 27.0. The number of Topliss-reactive ketones (excluding diaryl/α,β-unsaturated/α-hetero) is 1. The molecule has 1 unspecified atom stereocenters. The van der Waals surface area contributed by atoms with E-state index in [1.165, 1.54) is 18.3 Å². The zero-order valence-corrected chi connectivity index (χ0v) is 10.4. The monoisotopic (exact) mass is 250 g/mol. The summed E-state index contributed by atoms with van der Waals surface area (Å²) in [5, 5.41) is 4.94. The number of allylic oxidation sites excluding steroid dienone is 2. The lowest BCUT2D eigenvalue weighted by atomic mass is 9.94. The lowest BCUT2D eigenvalue weighted by Crippen LogP contribution is -2.23. The Bertz CT molecular complexity index is 465. The molecule has 0 aliphatic heterocycles. The minimum Gasteiger partial charge on any atom is -0.302 e. The molecule has 2 rings (SSSR count). The number of nitrogens with zero attached hydrogens (tertiary/aromatic N) is 1. The quantitative estimate of drug-likeness (QED) is 0.662. The SMILES string of the molecule is CC(=O)c1csc(NC(=O)C2CC=CCC2)n1. The first-order valence-electron chi connectivity index (χ1n) is 5.59. The van der Waals surface area contributed by atoms with Crippen molar-refractivity contribution in [2.75, 3.05) is 5.32 Å². The zero-order chi connectivity index (χ0) is 12.3. The predicted molar refractivity (Wildman–Crippen MR) is 67.2 cm³/mol. The topological polar surface area (TPSA) is 59.1 Å². The molecule has 0 saturated heterocycles. The number of hydrogen-bond donors (Lipinski definition) is 1. The van der Waals surface area contributed by atoms with Crippen molar-refractivity contribution in [2.45, 2.75) is 26.2 Å². The molecule has 0 fully saturated rings. The molecule has 4 nitrogen and oxygen atoms in total. The number of rotatable bonds is 3. The largest absolute Gasteiger partial charge is 0.302 e. The normalized spacial score (nSPS) is 19.0. The van der Waals surface area contributed by atoms with Crippen LogP contribution < -0.4 is 5.32 Å². The van der Waals surface area contributed by atoms with Gasteiger partial charge in [-0.2, -0.15) is 0 Å². The van der Waals surface area contributed by atoms with Crippen molar-refractivity contribution in [1.29, 1.82) is 0 Å². The summed E-state index contributed by atoms with van der Waals surface area (Å²) in [7, 11) is 0. The number of hydrogen-bond acceptors (Lipinski definition) is 4. The van der Waals surface area contributed by atoms with Gasteiger partial charge in [0.25, 0.3) is 0 Å². The Balaban J connectivity index is 1.97. The Kier molecular flexibility index (Phi) is 3.68. The average Bonchev–Trinajstić information content (AvgIpc) is 2.79. The lowest BCUT2D eigenvalue weighted by molar-refractivity contribution is -0.120. The second-order valence-corrected chi connectivity index (χ2v) is 4.92. The fraction of sp³-hybridized carbons (Fsp3) is 0.417. The van der Waals surface area contributed by atoms with Crippen LogP contribution in [0.4, 0.5) is 5.13 Å². The van der Waals surface area contributed by atoms with Crippen molar-refractivity contribution in [2.24, 2.45) is 5.92 Å². The van der Waals surface area contributed by atoms with Crippen molar-refractivity contribution in [3.8, 4) is 0 Å². The Morgan fingerprint density at radius 2 is 2.29 bits per heavy atom. The maximum Gasteiger partial charge on any atom is 0.229 e. The summed E-state index contributed by atoms with van der Waals surface area (Å²) in [6.45, 7) is 1.46. The van der Waals surface area contributed by atoms with Gasteiger partial charge >= 0.3 is 0 Å². The number of nitrogens with one attached hydrogen (secondary N) is 1. The number of amides is 1. The molecule has 1 amide bonds. The second-order valence-electron chi connectivity index (χ2n) is 4.06. The summed E-state index contributed by atoms with van der Waals surface area (Å²) in [5.74, 6) is -0.0502. The molecule has 0 spiro atoms. The number of aromatic nitrogens is 1. The second kappa shape index (κ2) is 5.23. The van der Waals surface area contributed by atoms with E-state index in [1.54, 1.807) is 5.38 Å². The van der Waals surface area contributed by atoms with Crippen LogP contribution in [-0.2, 0) is 4.79 Å². The van der Waals surface area contributed by atoms with E-state index in [1.807, 2.05) is 6.08 Å². The van der Waals surface area contributed by atoms with E-state index in [9.17, 15) is 9.59 Å². The predicted octanol–water partition coefficient (Wildman–Crippen LogP) is 2.64. The first-order chi connectivity index (χ1) is 8.16. The fourth-order valence-corrected chi connectivity index (χ4v) is 2.48. The third-order valence-corrected chi connectivity index (χ3v) is 3.49. The molecule has 0 radical (unpaired) electrons. The van der Waals surface area contributed by atoms with Gasteiger partial charge in [0.05, 0.1) is 0 Å². The number of anilines is 1. The molecule has 1 aliphatic carbocycles. The van der Waals surface area contributed by atoms with Crippen LogP contribution in [0.15, 0.2) is 17.5 Å². The van der Waals surface area contributed by atoms with Crippen LogP contribution in [0, 0.1) is 5.92 Å². The van der Waals surface area contributed by atoms with Gasteiger partial charge in [-0.25, -0.2) is 4.98 Å². The highest BCUT2D eigenvalue weighted by Gasteiger charge is 2.19. The number of ketones is 1. The summed E-state index contributed by atoms with van der Waals surface area (Å²) < 4.78 is 0. The van der Waals surface area contributed by atoms with Gasteiger partial charge in [-0.1, -0.05) is 12.2 Å². The minimum atomic E-state index is -0.0812. The summed E-state index contributed by atoms with van der Waals surface area (Å²) >= 11 is 1.29. The number of thiazole rings is 1. The van der Waals surface area contributed by atoms with Crippen LogP contribution in [-0.4, -0.2) is 16.7 Å². The van der Waals surface area contributed by atoms with Gasteiger partial charge in [0, 0.05) is 18.2 Å². The van der Waals surface area contributed by atoms with Gasteiger partial charge in [-0.3, -0.25) is 9.59 Å². The van der Waals surface area contributed by atoms with E-state index in [0.717, 1.165) is 19.3 Å². The van der Waals surface area contributed by atoms with E-state index in [4.69, 9.17) is 0 Å². The summed E-state index contributed by atoms with van der Waals surface area (Å²) in [6, 6.07) is 0. The molecule has 17 heavy (non-hydrogen) atoms. The fourth-order valence-electron chi connectivity index (χ4n) is 1.73. The van der Waals surface area contributed by atoms with Crippen LogP contribution in [0.1, 0.15) is 36.7 Å². The van der Waals surface area contributed by atoms with Crippen molar-refractivity contribution in [1.82, 2.24) is 4.98 Å². The van der Waals surface area contributed by atoms with Gasteiger partial charge in [0.15, 0.2) is 10.9 Å². The smallest absolute Gasteiger partial charge is 0.229 e. The Hall–Kier alpha value is -1.49. The Labute approximate surface area is 104 Å². The molecule has 1 heterocycles. The molecule has 1 aromatic heterocycles. The zero-order valence-electron chi connectivity index (χ0n) is 9.60. The Morgan fingerprint density at radius 3 is 2.88 bits per heavy atom. The molecular formula is C12H14N2O2S. The third-order valence-electron chi connectivity index (χ3n) is 2.73. The van der Waals surface area contributed by atoms with Crippen LogP contribution in [0.3, 0.4) is 0 Å². The van der Waals surface area contributed by atoms with Gasteiger partial charge < -0.3 is 5.32 Å². The number of carbonyl (C=O) groups is 2. The van der Waals surface area contributed by atoms with Crippen molar-refractivity contribution in [3.63, 3.8) is 0 Å². The maximum absolute atomic E-state index is 11.9. The van der Waals surface area contributed by atoms with Crippen LogP contribution >= 0.6 is 11.3 Å². The molecule has 0 bridgehead atoms. The van der Waals surface area contributed by atoms with E-state index < -0.39 is 0 Å². The van der Waals surface area contributed by atoms with Gasteiger partial charge in [0.1, 0.15) is 5.69 Å². The van der Waals surface area contributed by atoms with Gasteiger partial charge in [-0.05, 0) is 19.3 Å². The standard InChI is InChI=1S/C12H14N2O2S/c1-8(15)10-7-17-12(13-10)14-11(16)9-5-3-2-4-6-9/h2-3,7,9H,4-6H2,1H3,(H,13,14,16). The molecule has 1 aromatic rings. The van der Waals surface area contributed by atoms with Gasteiger partial charge in [0.2, 0.25) is 5.91 Å². The van der Waals surface area contributed by atoms with Crippen LogP contribution in [0.25, 0.3) is 0 Å². The molecule has 90 valence electrons. The maximum atomic E-state index is 11.9. The van der Waals surface area contributed by atoms with Gasteiger partial charge in [-0.15, -0.1) is 11.3 Å². The van der Waals surface area contributed by atoms with E-state index in [0.29, 0.717) is 10.8 Å². The summed E-state index contributed by atoms with van der Waals surface area (Å²) in [6.07, 6.45) is 6.76. The molecular weight excluding hydrogens is 236 g/mol. The first-order valence-corrected chi connectivity index (χ1v) is 6.47. The molecule has 0 saturated carbocycles. The minimum absolute atomic E-state index is 0.00111. The van der Waals surface area contributed by atoms with Crippen LogP contribution in [0.5, 0.6) is 0 Å². The first kappa shape index (κ1) is 12.0. The molecule has 5 heteroatoms. The third kappa shape index (κ3) is 3.00. The highest BCUT2D eigenvalue weighted by atomic mass is 32.1. The molecule has 1 atom stereocenters. The highest BCUT2D eigenvalue weighted by molar-refractivity contribution is 7.14. The van der Waals surface area contributed by atoms with E-state index >= 15 is 0 Å². The molecule has 0 aromatic carbocycles. The van der Waals surface area contributed by atoms with E-state index in [2.05, 4.69) is 16.4 Å². The van der Waals surface area contributed by atoms with Crippen molar-refractivity contribution < 1.29 is 9.59 Å². The van der Waals surface area contributed by atoms with Crippen molar-refractivity contribution in [3.05, 3.63) is 23.2 Å². The van der Waals surface area contributed by atoms with Crippen LogP contribution in [0.2, 0.25) is 0 Å². The Morgan fingerprint density at radius 1 is 1.47 bits per heavy atom. The highest BCUT2D eigenvalue weighted by Crippen LogP contribution is 2.22. The average molecular weight is 250 g/mol. The summed E-state index contributed by atoms with van der Waals surface area (Å²) in [5.41, 5.74) is 0.411. The lowest BCUT2D eigenvalue weighted by Gasteiger charge is -2.15.